The molecule has 0 atom stereocenters. The number of nitrogens with one attached hydrogen (secondary N) is 2. The lowest BCUT2D eigenvalue weighted by Crippen LogP contribution is -2.41. The highest BCUT2D eigenvalue weighted by atomic mass is 32.1. The highest BCUT2D eigenvalue weighted by Gasteiger charge is 2.31. The zero-order valence-corrected chi connectivity index (χ0v) is 13.9. The molecule has 3 aromatic rings. The predicted molar refractivity (Wildman–Crippen MR) is 90.0 cm³/mol. The Morgan fingerprint density at radius 3 is 2.35 bits per heavy atom. The topological polar surface area (TPSA) is 63.1 Å². The Morgan fingerprint density at radius 1 is 0.962 bits per heavy atom. The molecule has 0 unspecified atom stereocenters. The summed E-state index contributed by atoms with van der Waals surface area (Å²) in [5.74, 6) is -1.41. The third-order valence-electron chi connectivity index (χ3n) is 3.47. The highest BCUT2D eigenvalue weighted by molar-refractivity contribution is 7.12. The van der Waals surface area contributed by atoms with Crippen molar-refractivity contribution in [2.24, 2.45) is 0 Å². The van der Waals surface area contributed by atoms with Crippen LogP contribution in [0.3, 0.4) is 0 Å². The van der Waals surface area contributed by atoms with Gasteiger partial charge >= 0.3 is 6.18 Å². The second-order valence-electron chi connectivity index (χ2n) is 5.21. The van der Waals surface area contributed by atoms with Gasteiger partial charge in [0.25, 0.3) is 11.8 Å². The Labute approximate surface area is 150 Å². The quantitative estimate of drug-likeness (QED) is 0.683. The lowest BCUT2D eigenvalue weighted by molar-refractivity contribution is -0.137. The molecule has 26 heavy (non-hydrogen) atoms. The van der Waals surface area contributed by atoms with Crippen molar-refractivity contribution < 1.29 is 22.8 Å². The fourth-order valence-electron chi connectivity index (χ4n) is 2.25. The van der Waals surface area contributed by atoms with Crippen LogP contribution in [0.15, 0.2) is 60.2 Å². The van der Waals surface area contributed by atoms with Gasteiger partial charge in [0.15, 0.2) is 0 Å². The lowest BCUT2D eigenvalue weighted by atomic mass is 10.1. The monoisotopic (exact) mass is 379 g/mol. The van der Waals surface area contributed by atoms with Crippen LogP contribution in [0.5, 0.6) is 0 Å². The van der Waals surface area contributed by atoms with E-state index in [2.05, 4.69) is 10.9 Å². The normalized spacial score (nSPS) is 11.2. The number of hydrogen-bond acceptors (Lipinski definition) is 3. The zero-order chi connectivity index (χ0) is 18.7. The Bertz CT molecular complexity index is 933. The van der Waals surface area contributed by atoms with E-state index in [1.165, 1.54) is 17.4 Å². The van der Waals surface area contributed by atoms with E-state index in [1.807, 2.05) is 0 Å². The minimum Gasteiger partial charge on any atom is -0.322 e. The largest absolute Gasteiger partial charge is 0.416 e. The van der Waals surface area contributed by atoms with Crippen LogP contribution in [-0.4, -0.2) is 16.4 Å². The lowest BCUT2D eigenvalue weighted by Gasteiger charge is -2.10. The van der Waals surface area contributed by atoms with Crippen molar-refractivity contribution in [2.75, 3.05) is 0 Å². The molecule has 0 aliphatic rings. The molecule has 0 spiro atoms. The van der Waals surface area contributed by atoms with Crippen molar-refractivity contribution in [1.29, 1.82) is 0 Å². The maximum Gasteiger partial charge on any atom is 0.416 e. The second kappa shape index (κ2) is 7.04. The van der Waals surface area contributed by atoms with Gasteiger partial charge in [0, 0.05) is 18.0 Å². The van der Waals surface area contributed by atoms with Crippen LogP contribution in [-0.2, 0) is 6.18 Å². The summed E-state index contributed by atoms with van der Waals surface area (Å²) < 4.78 is 39.9. The molecular weight excluding hydrogens is 367 g/mol. The fourth-order valence-corrected chi connectivity index (χ4v) is 3.04. The van der Waals surface area contributed by atoms with E-state index >= 15 is 0 Å². The zero-order valence-electron chi connectivity index (χ0n) is 13.1. The number of hydrogen-bond donors (Lipinski definition) is 2. The van der Waals surface area contributed by atoms with Gasteiger partial charge in [-0.1, -0.05) is 6.07 Å². The standard InChI is InChI=1S/C17H12F3N3O2S/c18-17(19,20)12-5-3-4-11(10-12)15(24)21-22-16(25)14-13(6-9-26-14)23-7-1-2-8-23/h1-10H,(H,21,24)(H,22,25). The molecule has 0 radical (unpaired) electrons. The van der Waals surface area contributed by atoms with Crippen LogP contribution in [0.4, 0.5) is 13.2 Å². The first-order valence-corrected chi connectivity index (χ1v) is 8.23. The average Bonchev–Trinajstić information content (AvgIpc) is 3.29. The molecule has 0 fully saturated rings. The van der Waals surface area contributed by atoms with Crippen LogP contribution >= 0.6 is 11.3 Å². The Balaban J connectivity index is 1.69. The molecule has 134 valence electrons. The summed E-state index contributed by atoms with van der Waals surface area (Å²) in [6.07, 6.45) is -1.03. The number of carbonyl (C=O) groups excluding carboxylic acids is 2. The van der Waals surface area contributed by atoms with Crippen molar-refractivity contribution in [3.63, 3.8) is 0 Å². The molecule has 0 saturated carbocycles. The Morgan fingerprint density at radius 2 is 1.65 bits per heavy atom. The number of alkyl halides is 3. The molecule has 2 N–H and O–H groups in total. The highest BCUT2D eigenvalue weighted by Crippen LogP contribution is 2.29. The van der Waals surface area contributed by atoms with Gasteiger partial charge in [-0.15, -0.1) is 11.3 Å². The summed E-state index contributed by atoms with van der Waals surface area (Å²) in [6.45, 7) is 0. The number of thiophene rings is 1. The third-order valence-corrected chi connectivity index (χ3v) is 4.38. The average molecular weight is 379 g/mol. The van der Waals surface area contributed by atoms with E-state index in [-0.39, 0.29) is 5.56 Å². The van der Waals surface area contributed by atoms with Gasteiger partial charge in [-0.05, 0) is 41.8 Å². The molecule has 0 aliphatic heterocycles. The van der Waals surface area contributed by atoms with E-state index in [9.17, 15) is 22.8 Å². The second-order valence-corrected chi connectivity index (χ2v) is 6.13. The molecule has 2 aromatic heterocycles. The van der Waals surface area contributed by atoms with E-state index < -0.39 is 23.6 Å². The predicted octanol–water partition coefficient (Wildman–Crippen LogP) is 3.63. The molecular formula is C17H12F3N3O2S. The van der Waals surface area contributed by atoms with Gasteiger partial charge in [0.05, 0.1) is 11.3 Å². The molecule has 2 heterocycles. The molecule has 3 rings (SSSR count). The number of rotatable bonds is 3. The first kappa shape index (κ1) is 17.7. The fraction of sp³-hybridized carbons (Fsp3) is 0.0588. The van der Waals surface area contributed by atoms with Crippen molar-refractivity contribution >= 4 is 23.2 Å². The molecule has 0 saturated heterocycles. The number of halogens is 3. The van der Waals surface area contributed by atoms with E-state index in [1.54, 1.807) is 40.5 Å². The number of amides is 2. The summed E-state index contributed by atoms with van der Waals surface area (Å²) >= 11 is 1.18. The minimum absolute atomic E-state index is 0.211. The van der Waals surface area contributed by atoms with Gasteiger partial charge in [-0.2, -0.15) is 13.2 Å². The summed E-state index contributed by atoms with van der Waals surface area (Å²) in [5.41, 5.74) is 3.83. The van der Waals surface area contributed by atoms with Gasteiger partial charge in [0.2, 0.25) is 0 Å². The van der Waals surface area contributed by atoms with Crippen molar-refractivity contribution in [1.82, 2.24) is 15.4 Å². The van der Waals surface area contributed by atoms with Crippen molar-refractivity contribution in [2.45, 2.75) is 6.18 Å². The molecule has 9 heteroatoms. The van der Waals surface area contributed by atoms with Crippen LogP contribution < -0.4 is 10.9 Å². The number of carbonyl (C=O) groups is 2. The summed E-state index contributed by atoms with van der Waals surface area (Å²) in [6, 6.07) is 9.29. The number of hydrazine groups is 1. The van der Waals surface area contributed by atoms with Crippen molar-refractivity contribution in [3.8, 4) is 5.69 Å². The molecule has 0 aliphatic carbocycles. The van der Waals surface area contributed by atoms with E-state index in [0.29, 0.717) is 10.6 Å². The number of nitrogens with zero attached hydrogens (tertiary/aromatic N) is 1. The summed E-state index contributed by atoms with van der Waals surface area (Å²) in [4.78, 5) is 24.6. The first-order valence-electron chi connectivity index (χ1n) is 7.35. The molecule has 0 bridgehead atoms. The first-order chi connectivity index (χ1) is 12.4. The number of benzene rings is 1. The van der Waals surface area contributed by atoms with Crippen LogP contribution in [0.2, 0.25) is 0 Å². The van der Waals surface area contributed by atoms with E-state index in [4.69, 9.17) is 0 Å². The maximum absolute atomic E-state index is 12.7. The maximum atomic E-state index is 12.7. The number of aromatic nitrogens is 1. The third kappa shape index (κ3) is 3.77. The smallest absolute Gasteiger partial charge is 0.322 e. The van der Waals surface area contributed by atoms with E-state index in [0.717, 1.165) is 18.2 Å². The van der Waals surface area contributed by atoms with Crippen LogP contribution in [0.25, 0.3) is 5.69 Å². The molecule has 2 amide bonds. The Hall–Kier alpha value is -3.07. The van der Waals surface area contributed by atoms with Gasteiger partial charge in [0.1, 0.15) is 4.88 Å². The summed E-state index contributed by atoms with van der Waals surface area (Å²) in [7, 11) is 0. The molecule has 5 nitrogen and oxygen atoms in total. The van der Waals surface area contributed by atoms with Gasteiger partial charge in [-0.3, -0.25) is 20.4 Å². The van der Waals surface area contributed by atoms with Gasteiger partial charge < -0.3 is 4.57 Å². The summed E-state index contributed by atoms with van der Waals surface area (Å²) in [5, 5.41) is 1.72. The SMILES string of the molecule is O=C(NNC(=O)c1sccc1-n1cccc1)c1cccc(C(F)(F)F)c1. The minimum atomic E-state index is -4.55. The van der Waals surface area contributed by atoms with Crippen LogP contribution in [0.1, 0.15) is 25.6 Å². The van der Waals surface area contributed by atoms with Crippen LogP contribution in [0, 0.1) is 0 Å². The van der Waals surface area contributed by atoms with Crippen molar-refractivity contribution in [3.05, 3.63) is 76.2 Å². The molecule has 1 aromatic carbocycles. The Kier molecular flexibility index (Phi) is 4.81. The van der Waals surface area contributed by atoms with Gasteiger partial charge in [-0.25, -0.2) is 0 Å².